The number of rotatable bonds is 4. The number of hydrogen-bond donors (Lipinski definition) is 3. The zero-order valence-corrected chi connectivity index (χ0v) is 10.5. The molecule has 8 heteroatoms. The molecule has 1 rings (SSSR count). The van der Waals surface area contributed by atoms with E-state index in [2.05, 4.69) is 4.72 Å². The first kappa shape index (κ1) is 13.8. The lowest BCUT2D eigenvalue weighted by Crippen LogP contribution is -2.42. The van der Waals surface area contributed by atoms with Gasteiger partial charge in [-0.25, -0.2) is 8.42 Å². The van der Waals surface area contributed by atoms with Gasteiger partial charge in [-0.05, 0) is 25.1 Å². The van der Waals surface area contributed by atoms with Gasteiger partial charge in [-0.2, -0.15) is 4.72 Å². The second kappa shape index (κ2) is 4.91. The lowest BCUT2D eigenvalue weighted by Gasteiger charge is -2.12. The number of anilines is 1. The van der Waals surface area contributed by atoms with Crippen LogP contribution in [0.25, 0.3) is 0 Å². The smallest absolute Gasteiger partial charge is 0.243 e. The maximum absolute atomic E-state index is 11.9. The molecule has 6 nitrogen and oxygen atoms in total. The van der Waals surface area contributed by atoms with Crippen molar-refractivity contribution in [2.75, 3.05) is 5.73 Å². The molecule has 1 aromatic rings. The summed E-state index contributed by atoms with van der Waals surface area (Å²) in [5.74, 6) is -0.783. The van der Waals surface area contributed by atoms with Crippen molar-refractivity contribution in [3.63, 3.8) is 0 Å². The van der Waals surface area contributed by atoms with Crippen molar-refractivity contribution in [3.8, 4) is 0 Å². The molecule has 0 aliphatic rings. The number of halogens is 1. The van der Waals surface area contributed by atoms with Crippen LogP contribution >= 0.6 is 11.6 Å². The summed E-state index contributed by atoms with van der Waals surface area (Å²) in [6, 6.07) is 3.00. The van der Waals surface area contributed by atoms with Crippen molar-refractivity contribution >= 4 is 33.2 Å². The number of benzene rings is 1. The Morgan fingerprint density at radius 3 is 2.59 bits per heavy atom. The van der Waals surface area contributed by atoms with Crippen LogP contribution in [-0.4, -0.2) is 20.4 Å². The molecule has 0 saturated heterocycles. The quantitative estimate of drug-likeness (QED) is 0.676. The Balaban J connectivity index is 3.13. The largest absolute Gasteiger partial charge is 0.398 e. The highest BCUT2D eigenvalue weighted by atomic mass is 35.5. The van der Waals surface area contributed by atoms with Crippen molar-refractivity contribution in [2.45, 2.75) is 17.9 Å². The average molecular weight is 278 g/mol. The zero-order chi connectivity index (χ0) is 13.2. The highest BCUT2D eigenvalue weighted by molar-refractivity contribution is 7.89. The molecular formula is C9H12ClN3O3S. The fourth-order valence-electron chi connectivity index (χ4n) is 1.10. The van der Waals surface area contributed by atoms with Crippen LogP contribution in [0.5, 0.6) is 0 Å². The Labute approximate surface area is 104 Å². The highest BCUT2D eigenvalue weighted by Gasteiger charge is 2.22. The van der Waals surface area contributed by atoms with Gasteiger partial charge < -0.3 is 11.5 Å². The van der Waals surface area contributed by atoms with E-state index in [-0.39, 0.29) is 15.6 Å². The molecule has 0 radical (unpaired) electrons. The maximum Gasteiger partial charge on any atom is 0.243 e. The molecule has 0 aliphatic carbocycles. The highest BCUT2D eigenvalue weighted by Crippen LogP contribution is 2.22. The van der Waals surface area contributed by atoms with E-state index in [1.807, 2.05) is 0 Å². The Kier molecular flexibility index (Phi) is 3.97. The molecule has 1 aromatic carbocycles. The van der Waals surface area contributed by atoms with Gasteiger partial charge in [0, 0.05) is 5.02 Å². The number of nitrogens with two attached hydrogens (primary N) is 2. The Morgan fingerprint density at radius 1 is 1.47 bits per heavy atom. The van der Waals surface area contributed by atoms with Crippen LogP contribution < -0.4 is 16.2 Å². The molecule has 1 atom stereocenters. The second-order valence-corrected chi connectivity index (χ2v) is 5.55. The minimum atomic E-state index is -3.92. The lowest BCUT2D eigenvalue weighted by atomic mass is 10.3. The van der Waals surface area contributed by atoms with Gasteiger partial charge in [0.15, 0.2) is 0 Å². The summed E-state index contributed by atoms with van der Waals surface area (Å²) < 4.78 is 25.8. The van der Waals surface area contributed by atoms with Crippen molar-refractivity contribution in [1.82, 2.24) is 4.72 Å². The number of amides is 1. The number of hydrogen-bond acceptors (Lipinski definition) is 4. The molecule has 0 fully saturated rings. The molecule has 0 saturated carbocycles. The van der Waals surface area contributed by atoms with E-state index >= 15 is 0 Å². The SMILES string of the molecule is CC(NS(=O)(=O)c1cc(Cl)ccc1N)C(N)=O. The van der Waals surface area contributed by atoms with Crippen LogP contribution in [-0.2, 0) is 14.8 Å². The van der Waals surface area contributed by atoms with E-state index in [1.165, 1.54) is 25.1 Å². The van der Waals surface area contributed by atoms with Crippen LogP contribution in [0.3, 0.4) is 0 Å². The summed E-state index contributed by atoms with van der Waals surface area (Å²) in [5.41, 5.74) is 10.5. The second-order valence-electron chi connectivity index (χ2n) is 3.43. The third-order valence-corrected chi connectivity index (χ3v) is 3.86. The van der Waals surface area contributed by atoms with Gasteiger partial charge in [0.05, 0.1) is 11.7 Å². The van der Waals surface area contributed by atoms with Gasteiger partial charge in [-0.15, -0.1) is 0 Å². The fourth-order valence-corrected chi connectivity index (χ4v) is 2.70. The predicted octanol–water partition coefficient (Wildman–Crippen LogP) is 0.0743. The topological polar surface area (TPSA) is 115 Å². The monoisotopic (exact) mass is 277 g/mol. The van der Waals surface area contributed by atoms with E-state index < -0.39 is 22.0 Å². The molecule has 1 unspecified atom stereocenters. The molecule has 0 heterocycles. The van der Waals surface area contributed by atoms with Crippen LogP contribution in [0.2, 0.25) is 5.02 Å². The van der Waals surface area contributed by atoms with Crippen molar-refractivity contribution in [2.24, 2.45) is 5.73 Å². The molecule has 94 valence electrons. The van der Waals surface area contributed by atoms with Crippen LogP contribution in [0.4, 0.5) is 5.69 Å². The van der Waals surface area contributed by atoms with E-state index in [1.54, 1.807) is 0 Å². The Hall–Kier alpha value is -1.31. The minimum Gasteiger partial charge on any atom is -0.398 e. The van der Waals surface area contributed by atoms with Crippen LogP contribution in [0, 0.1) is 0 Å². The van der Waals surface area contributed by atoms with E-state index in [0.29, 0.717) is 0 Å². The van der Waals surface area contributed by atoms with Gasteiger partial charge in [-0.1, -0.05) is 11.6 Å². The lowest BCUT2D eigenvalue weighted by molar-refractivity contribution is -0.119. The van der Waals surface area contributed by atoms with Gasteiger partial charge in [0.2, 0.25) is 15.9 Å². The normalized spacial score (nSPS) is 13.3. The molecule has 0 aromatic heterocycles. The Morgan fingerprint density at radius 2 is 2.06 bits per heavy atom. The van der Waals surface area contributed by atoms with Gasteiger partial charge >= 0.3 is 0 Å². The van der Waals surface area contributed by atoms with Crippen molar-refractivity contribution in [1.29, 1.82) is 0 Å². The average Bonchev–Trinajstić information content (AvgIpc) is 2.20. The van der Waals surface area contributed by atoms with Crippen molar-refractivity contribution in [3.05, 3.63) is 23.2 Å². The standard InChI is InChI=1S/C9H12ClN3O3S/c1-5(9(12)14)13-17(15,16)8-4-6(10)2-3-7(8)11/h2-5,13H,11H2,1H3,(H2,12,14). The number of nitrogen functional groups attached to an aromatic ring is 1. The molecule has 0 bridgehead atoms. The summed E-state index contributed by atoms with van der Waals surface area (Å²) in [5, 5.41) is 0.228. The first-order chi connectivity index (χ1) is 7.74. The van der Waals surface area contributed by atoms with Gasteiger partial charge in [0.25, 0.3) is 0 Å². The first-order valence-corrected chi connectivity index (χ1v) is 6.47. The summed E-state index contributed by atoms with van der Waals surface area (Å²) >= 11 is 5.68. The third kappa shape index (κ3) is 3.32. The zero-order valence-electron chi connectivity index (χ0n) is 8.98. The van der Waals surface area contributed by atoms with Gasteiger partial charge in [0.1, 0.15) is 4.90 Å². The summed E-state index contributed by atoms with van der Waals surface area (Å²) in [4.78, 5) is 10.6. The van der Waals surface area contributed by atoms with Gasteiger partial charge in [-0.3, -0.25) is 4.79 Å². The first-order valence-electron chi connectivity index (χ1n) is 4.60. The molecule has 0 aliphatic heterocycles. The maximum atomic E-state index is 11.9. The number of primary amides is 1. The molecule has 1 amide bonds. The predicted molar refractivity (Wildman–Crippen MR) is 64.8 cm³/mol. The molecule has 17 heavy (non-hydrogen) atoms. The summed E-state index contributed by atoms with van der Waals surface area (Å²) in [7, 11) is -3.92. The number of sulfonamides is 1. The van der Waals surface area contributed by atoms with E-state index in [9.17, 15) is 13.2 Å². The van der Waals surface area contributed by atoms with E-state index in [0.717, 1.165) is 0 Å². The molecule has 0 spiro atoms. The minimum absolute atomic E-state index is 0.0403. The number of carbonyl (C=O) groups is 1. The molecular weight excluding hydrogens is 266 g/mol. The van der Waals surface area contributed by atoms with E-state index in [4.69, 9.17) is 23.1 Å². The van der Waals surface area contributed by atoms with Crippen molar-refractivity contribution < 1.29 is 13.2 Å². The Bertz CT molecular complexity index is 544. The summed E-state index contributed by atoms with van der Waals surface area (Å²) in [6.07, 6.45) is 0. The number of nitrogens with one attached hydrogen (secondary N) is 1. The number of carbonyl (C=O) groups excluding carboxylic acids is 1. The summed E-state index contributed by atoms with van der Waals surface area (Å²) in [6.45, 7) is 1.33. The fraction of sp³-hybridized carbons (Fsp3) is 0.222. The molecule has 5 N–H and O–H groups in total. The van der Waals surface area contributed by atoms with Crippen LogP contribution in [0.15, 0.2) is 23.1 Å². The van der Waals surface area contributed by atoms with Crippen LogP contribution in [0.1, 0.15) is 6.92 Å². The third-order valence-electron chi connectivity index (χ3n) is 2.02.